The van der Waals surface area contributed by atoms with Crippen LogP contribution < -0.4 is 5.73 Å². The Morgan fingerprint density at radius 3 is 2.44 bits per heavy atom. The average molecular weight is 244 g/mol. The SMILES string of the molecule is Nc1ccc(CN2CCCC2C2CCCC2)cc1. The Hall–Kier alpha value is -1.02. The van der Waals surface area contributed by atoms with E-state index >= 15 is 0 Å². The van der Waals surface area contributed by atoms with Crippen LogP contribution in [0.4, 0.5) is 5.69 Å². The molecule has 1 saturated heterocycles. The quantitative estimate of drug-likeness (QED) is 0.825. The summed E-state index contributed by atoms with van der Waals surface area (Å²) in [6.07, 6.45) is 8.63. The Bertz CT molecular complexity index is 379. The molecule has 0 amide bonds. The number of hydrogen-bond acceptors (Lipinski definition) is 2. The normalized spacial score (nSPS) is 25.9. The predicted octanol–water partition coefficient (Wildman–Crippen LogP) is 3.42. The summed E-state index contributed by atoms with van der Waals surface area (Å²) < 4.78 is 0. The number of anilines is 1. The first-order chi connectivity index (χ1) is 8.83. The topological polar surface area (TPSA) is 29.3 Å². The van der Waals surface area contributed by atoms with Crippen molar-refractivity contribution in [3.63, 3.8) is 0 Å². The number of hydrogen-bond donors (Lipinski definition) is 1. The molecule has 2 N–H and O–H groups in total. The van der Waals surface area contributed by atoms with Crippen molar-refractivity contribution >= 4 is 5.69 Å². The maximum absolute atomic E-state index is 5.75. The molecular formula is C16H24N2. The molecule has 1 aromatic carbocycles. The molecule has 0 radical (unpaired) electrons. The Balaban J connectivity index is 1.65. The number of nitrogen functional groups attached to an aromatic ring is 1. The predicted molar refractivity (Wildman–Crippen MR) is 76.2 cm³/mol. The molecule has 1 unspecified atom stereocenters. The van der Waals surface area contributed by atoms with Crippen LogP contribution in [0.25, 0.3) is 0 Å². The molecule has 0 spiro atoms. The smallest absolute Gasteiger partial charge is 0.0314 e. The summed E-state index contributed by atoms with van der Waals surface area (Å²) in [6.45, 7) is 2.40. The Kier molecular flexibility index (Phi) is 3.55. The maximum Gasteiger partial charge on any atom is 0.0314 e. The molecule has 1 saturated carbocycles. The Morgan fingerprint density at radius 2 is 1.72 bits per heavy atom. The number of likely N-dealkylation sites (tertiary alicyclic amines) is 1. The van der Waals surface area contributed by atoms with Gasteiger partial charge in [-0.25, -0.2) is 0 Å². The Labute approximate surface area is 110 Å². The van der Waals surface area contributed by atoms with Crippen molar-refractivity contribution < 1.29 is 0 Å². The second kappa shape index (κ2) is 5.31. The van der Waals surface area contributed by atoms with E-state index in [1.165, 1.54) is 50.6 Å². The van der Waals surface area contributed by atoms with Gasteiger partial charge in [-0.05, 0) is 55.8 Å². The fourth-order valence-electron chi connectivity index (χ4n) is 3.78. The monoisotopic (exact) mass is 244 g/mol. The fourth-order valence-corrected chi connectivity index (χ4v) is 3.78. The molecular weight excluding hydrogens is 220 g/mol. The number of benzene rings is 1. The highest BCUT2D eigenvalue weighted by atomic mass is 15.2. The summed E-state index contributed by atoms with van der Waals surface area (Å²) in [4.78, 5) is 2.71. The van der Waals surface area contributed by atoms with Crippen molar-refractivity contribution in [2.24, 2.45) is 5.92 Å². The average Bonchev–Trinajstić information content (AvgIpc) is 3.02. The third kappa shape index (κ3) is 2.54. The zero-order chi connectivity index (χ0) is 12.4. The van der Waals surface area contributed by atoms with E-state index in [2.05, 4.69) is 17.0 Å². The minimum atomic E-state index is 0.852. The lowest BCUT2D eigenvalue weighted by Gasteiger charge is -2.29. The first-order valence-corrected chi connectivity index (χ1v) is 7.41. The minimum Gasteiger partial charge on any atom is -0.399 e. The van der Waals surface area contributed by atoms with Crippen molar-refractivity contribution in [3.05, 3.63) is 29.8 Å². The van der Waals surface area contributed by atoms with E-state index in [0.29, 0.717) is 0 Å². The second-order valence-corrected chi connectivity index (χ2v) is 5.97. The van der Waals surface area contributed by atoms with Crippen LogP contribution in [0, 0.1) is 5.92 Å². The van der Waals surface area contributed by atoms with Gasteiger partial charge in [-0.15, -0.1) is 0 Å². The van der Waals surface area contributed by atoms with E-state index in [-0.39, 0.29) is 0 Å². The van der Waals surface area contributed by atoms with Crippen LogP contribution in [-0.2, 0) is 6.54 Å². The molecule has 2 fully saturated rings. The first-order valence-electron chi connectivity index (χ1n) is 7.41. The fraction of sp³-hybridized carbons (Fsp3) is 0.625. The summed E-state index contributed by atoms with van der Waals surface area (Å²) in [5.41, 5.74) is 8.03. The lowest BCUT2D eigenvalue weighted by molar-refractivity contribution is 0.183. The van der Waals surface area contributed by atoms with E-state index in [9.17, 15) is 0 Å². The molecule has 1 aromatic rings. The molecule has 2 heteroatoms. The van der Waals surface area contributed by atoms with Crippen molar-refractivity contribution in [2.45, 2.75) is 51.1 Å². The van der Waals surface area contributed by atoms with Crippen LogP contribution in [0.3, 0.4) is 0 Å². The van der Waals surface area contributed by atoms with Crippen LogP contribution in [-0.4, -0.2) is 17.5 Å². The van der Waals surface area contributed by atoms with Crippen LogP contribution >= 0.6 is 0 Å². The molecule has 3 rings (SSSR count). The molecule has 1 aliphatic heterocycles. The van der Waals surface area contributed by atoms with Crippen molar-refractivity contribution in [1.29, 1.82) is 0 Å². The van der Waals surface area contributed by atoms with Gasteiger partial charge in [0.1, 0.15) is 0 Å². The van der Waals surface area contributed by atoms with Crippen LogP contribution in [0.15, 0.2) is 24.3 Å². The molecule has 98 valence electrons. The van der Waals surface area contributed by atoms with Gasteiger partial charge in [-0.2, -0.15) is 0 Å². The zero-order valence-electron chi connectivity index (χ0n) is 11.1. The molecule has 1 aliphatic carbocycles. The molecule has 1 heterocycles. The van der Waals surface area contributed by atoms with E-state index in [4.69, 9.17) is 5.73 Å². The lowest BCUT2D eigenvalue weighted by Crippen LogP contribution is -2.34. The standard InChI is InChI=1S/C16H24N2/c17-15-9-7-13(8-10-15)12-18-11-3-6-16(18)14-4-1-2-5-14/h7-10,14,16H,1-6,11-12,17H2. The number of nitrogens with two attached hydrogens (primary N) is 1. The summed E-state index contributed by atoms with van der Waals surface area (Å²) >= 11 is 0. The van der Waals surface area contributed by atoms with Crippen LogP contribution in [0.1, 0.15) is 44.1 Å². The molecule has 0 aromatic heterocycles. The van der Waals surface area contributed by atoms with Gasteiger partial charge >= 0.3 is 0 Å². The Morgan fingerprint density at radius 1 is 1.00 bits per heavy atom. The second-order valence-electron chi connectivity index (χ2n) is 5.97. The molecule has 18 heavy (non-hydrogen) atoms. The maximum atomic E-state index is 5.75. The van der Waals surface area contributed by atoms with Crippen molar-refractivity contribution in [2.75, 3.05) is 12.3 Å². The van der Waals surface area contributed by atoms with Crippen molar-refractivity contribution in [3.8, 4) is 0 Å². The van der Waals surface area contributed by atoms with Gasteiger partial charge in [0.15, 0.2) is 0 Å². The van der Waals surface area contributed by atoms with E-state index in [0.717, 1.165) is 24.2 Å². The lowest BCUT2D eigenvalue weighted by atomic mass is 9.96. The third-order valence-corrected chi connectivity index (χ3v) is 4.72. The van der Waals surface area contributed by atoms with Crippen LogP contribution in [0.5, 0.6) is 0 Å². The van der Waals surface area contributed by atoms with Crippen molar-refractivity contribution in [1.82, 2.24) is 4.90 Å². The van der Waals surface area contributed by atoms with Gasteiger partial charge in [0.05, 0.1) is 0 Å². The molecule has 0 bridgehead atoms. The summed E-state index contributed by atoms with van der Waals surface area (Å²) in [5.74, 6) is 0.973. The van der Waals surface area contributed by atoms with Gasteiger partial charge in [0, 0.05) is 18.3 Å². The molecule has 2 nitrogen and oxygen atoms in total. The zero-order valence-corrected chi connectivity index (χ0v) is 11.1. The highest BCUT2D eigenvalue weighted by Gasteiger charge is 2.32. The first kappa shape index (κ1) is 12.0. The van der Waals surface area contributed by atoms with Gasteiger partial charge in [-0.3, -0.25) is 4.90 Å². The van der Waals surface area contributed by atoms with Gasteiger partial charge in [0.25, 0.3) is 0 Å². The summed E-state index contributed by atoms with van der Waals surface area (Å²) in [5, 5.41) is 0. The number of rotatable bonds is 3. The van der Waals surface area contributed by atoms with E-state index < -0.39 is 0 Å². The minimum absolute atomic E-state index is 0.852. The largest absolute Gasteiger partial charge is 0.399 e. The van der Waals surface area contributed by atoms with Gasteiger partial charge in [-0.1, -0.05) is 25.0 Å². The summed E-state index contributed by atoms with van der Waals surface area (Å²) in [7, 11) is 0. The highest BCUT2D eigenvalue weighted by molar-refractivity contribution is 5.39. The molecule has 1 atom stereocenters. The highest BCUT2D eigenvalue weighted by Crippen LogP contribution is 2.36. The van der Waals surface area contributed by atoms with Gasteiger partial charge in [0.2, 0.25) is 0 Å². The molecule has 2 aliphatic rings. The third-order valence-electron chi connectivity index (χ3n) is 4.72. The van der Waals surface area contributed by atoms with Crippen LogP contribution in [0.2, 0.25) is 0 Å². The number of nitrogens with zero attached hydrogens (tertiary/aromatic N) is 1. The van der Waals surface area contributed by atoms with Gasteiger partial charge < -0.3 is 5.73 Å². The summed E-state index contributed by atoms with van der Waals surface area (Å²) in [6, 6.07) is 9.26. The van der Waals surface area contributed by atoms with E-state index in [1.807, 2.05) is 12.1 Å². The van der Waals surface area contributed by atoms with E-state index in [1.54, 1.807) is 0 Å².